The first kappa shape index (κ1) is 13.3. The highest BCUT2D eigenvalue weighted by Crippen LogP contribution is 2.29. The minimum Gasteiger partial charge on any atom is -0.368 e. The number of likely N-dealkylation sites (N-methyl/N-ethyl adjacent to an activating group) is 1. The standard InChI is InChI=1S/C14H22FN3/c1-11(16)12-5-3-6-13(15)14(12)18-8-4-7-17(2)9-10-18/h3,5-6,11H,4,7-10,16H2,1-2H3. The van der Waals surface area contributed by atoms with E-state index in [1.807, 2.05) is 13.0 Å². The number of anilines is 1. The van der Waals surface area contributed by atoms with E-state index in [9.17, 15) is 4.39 Å². The number of halogens is 1. The Bertz CT molecular complexity index is 406. The molecule has 0 amide bonds. The maximum Gasteiger partial charge on any atom is 0.146 e. The van der Waals surface area contributed by atoms with Crippen LogP contribution in [-0.4, -0.2) is 38.1 Å². The molecule has 1 fully saturated rings. The smallest absolute Gasteiger partial charge is 0.146 e. The molecule has 1 saturated heterocycles. The van der Waals surface area contributed by atoms with Crippen molar-refractivity contribution in [3.8, 4) is 0 Å². The molecular weight excluding hydrogens is 229 g/mol. The molecule has 100 valence electrons. The molecule has 4 heteroatoms. The first-order chi connectivity index (χ1) is 8.59. The van der Waals surface area contributed by atoms with Gasteiger partial charge in [-0.1, -0.05) is 12.1 Å². The van der Waals surface area contributed by atoms with Crippen LogP contribution in [0.2, 0.25) is 0 Å². The van der Waals surface area contributed by atoms with E-state index in [4.69, 9.17) is 5.73 Å². The zero-order valence-electron chi connectivity index (χ0n) is 11.2. The number of para-hydroxylation sites is 1. The molecule has 2 N–H and O–H groups in total. The van der Waals surface area contributed by atoms with Crippen LogP contribution < -0.4 is 10.6 Å². The molecule has 18 heavy (non-hydrogen) atoms. The molecule has 1 aromatic rings. The van der Waals surface area contributed by atoms with Crippen molar-refractivity contribution in [3.05, 3.63) is 29.6 Å². The molecule has 1 heterocycles. The van der Waals surface area contributed by atoms with Crippen LogP contribution in [0.15, 0.2) is 18.2 Å². The summed E-state index contributed by atoms with van der Waals surface area (Å²) in [4.78, 5) is 4.42. The van der Waals surface area contributed by atoms with Crippen LogP contribution in [-0.2, 0) is 0 Å². The van der Waals surface area contributed by atoms with Crippen molar-refractivity contribution >= 4 is 5.69 Å². The molecule has 0 aromatic heterocycles. The number of nitrogens with zero attached hydrogens (tertiary/aromatic N) is 2. The van der Waals surface area contributed by atoms with Crippen LogP contribution >= 0.6 is 0 Å². The summed E-state index contributed by atoms with van der Waals surface area (Å²) < 4.78 is 14.1. The van der Waals surface area contributed by atoms with Crippen molar-refractivity contribution in [1.82, 2.24) is 4.90 Å². The molecule has 3 nitrogen and oxygen atoms in total. The average Bonchev–Trinajstić information content (AvgIpc) is 2.53. The molecule has 0 saturated carbocycles. The van der Waals surface area contributed by atoms with Gasteiger partial charge in [0.05, 0.1) is 5.69 Å². The van der Waals surface area contributed by atoms with E-state index in [2.05, 4.69) is 16.8 Å². The molecule has 1 aromatic carbocycles. The van der Waals surface area contributed by atoms with Crippen molar-refractivity contribution in [3.63, 3.8) is 0 Å². The van der Waals surface area contributed by atoms with Crippen LogP contribution in [0.25, 0.3) is 0 Å². The zero-order valence-corrected chi connectivity index (χ0v) is 11.2. The van der Waals surface area contributed by atoms with Crippen molar-refractivity contribution in [1.29, 1.82) is 0 Å². The lowest BCUT2D eigenvalue weighted by molar-refractivity contribution is 0.360. The van der Waals surface area contributed by atoms with E-state index in [1.54, 1.807) is 6.07 Å². The Morgan fingerprint density at radius 1 is 1.22 bits per heavy atom. The average molecular weight is 251 g/mol. The van der Waals surface area contributed by atoms with Gasteiger partial charge in [-0.05, 0) is 38.6 Å². The number of rotatable bonds is 2. The van der Waals surface area contributed by atoms with Gasteiger partial charge in [-0.15, -0.1) is 0 Å². The maximum absolute atomic E-state index is 14.1. The third kappa shape index (κ3) is 2.82. The lowest BCUT2D eigenvalue weighted by atomic mass is 10.1. The maximum atomic E-state index is 14.1. The van der Waals surface area contributed by atoms with Gasteiger partial charge < -0.3 is 15.5 Å². The predicted octanol–water partition coefficient (Wildman–Crippen LogP) is 1.99. The highest BCUT2D eigenvalue weighted by Gasteiger charge is 2.20. The number of benzene rings is 1. The Morgan fingerprint density at radius 2 is 2.00 bits per heavy atom. The van der Waals surface area contributed by atoms with E-state index in [1.165, 1.54) is 6.07 Å². The normalized spacial score (nSPS) is 19.7. The molecule has 1 aliphatic rings. The molecule has 1 aliphatic heterocycles. The van der Waals surface area contributed by atoms with Crippen molar-refractivity contribution in [2.45, 2.75) is 19.4 Å². The molecule has 0 radical (unpaired) electrons. The van der Waals surface area contributed by atoms with E-state index in [0.29, 0.717) is 5.69 Å². The van der Waals surface area contributed by atoms with Gasteiger partial charge in [-0.3, -0.25) is 0 Å². The Morgan fingerprint density at radius 3 is 2.72 bits per heavy atom. The molecule has 1 unspecified atom stereocenters. The quantitative estimate of drug-likeness (QED) is 0.872. The van der Waals surface area contributed by atoms with Gasteiger partial charge in [0.1, 0.15) is 5.82 Å². The lowest BCUT2D eigenvalue weighted by Crippen LogP contribution is -2.31. The van der Waals surface area contributed by atoms with Gasteiger partial charge in [-0.25, -0.2) is 4.39 Å². The highest BCUT2D eigenvalue weighted by atomic mass is 19.1. The summed E-state index contributed by atoms with van der Waals surface area (Å²) in [6, 6.07) is 5.05. The number of hydrogen-bond acceptors (Lipinski definition) is 3. The molecular formula is C14H22FN3. The topological polar surface area (TPSA) is 32.5 Å². The Hall–Kier alpha value is -1.13. The second-order valence-electron chi connectivity index (χ2n) is 5.11. The van der Waals surface area contributed by atoms with Gasteiger partial charge in [-0.2, -0.15) is 0 Å². The highest BCUT2D eigenvalue weighted by molar-refractivity contribution is 5.56. The summed E-state index contributed by atoms with van der Waals surface area (Å²) in [5.41, 5.74) is 7.55. The van der Waals surface area contributed by atoms with Gasteiger partial charge in [0, 0.05) is 25.7 Å². The molecule has 0 bridgehead atoms. The van der Waals surface area contributed by atoms with Gasteiger partial charge >= 0.3 is 0 Å². The Labute approximate surface area is 108 Å². The molecule has 2 rings (SSSR count). The predicted molar refractivity (Wildman–Crippen MR) is 73.3 cm³/mol. The van der Waals surface area contributed by atoms with Crippen molar-refractivity contribution in [2.75, 3.05) is 38.1 Å². The summed E-state index contributed by atoms with van der Waals surface area (Å²) in [6.45, 7) is 5.69. The fourth-order valence-corrected chi connectivity index (χ4v) is 2.50. The van der Waals surface area contributed by atoms with Crippen LogP contribution in [0.4, 0.5) is 10.1 Å². The fraction of sp³-hybridized carbons (Fsp3) is 0.571. The Balaban J connectivity index is 2.31. The van der Waals surface area contributed by atoms with E-state index >= 15 is 0 Å². The first-order valence-electron chi connectivity index (χ1n) is 6.57. The third-order valence-electron chi connectivity index (χ3n) is 3.54. The van der Waals surface area contributed by atoms with Gasteiger partial charge in [0.25, 0.3) is 0 Å². The van der Waals surface area contributed by atoms with Crippen molar-refractivity contribution < 1.29 is 4.39 Å². The van der Waals surface area contributed by atoms with E-state index in [-0.39, 0.29) is 11.9 Å². The largest absolute Gasteiger partial charge is 0.368 e. The summed E-state index contributed by atoms with van der Waals surface area (Å²) in [5.74, 6) is -0.158. The summed E-state index contributed by atoms with van der Waals surface area (Å²) >= 11 is 0. The fourth-order valence-electron chi connectivity index (χ4n) is 2.50. The zero-order chi connectivity index (χ0) is 13.1. The monoisotopic (exact) mass is 251 g/mol. The summed E-state index contributed by atoms with van der Waals surface area (Å²) in [7, 11) is 2.11. The van der Waals surface area contributed by atoms with Crippen molar-refractivity contribution in [2.24, 2.45) is 5.73 Å². The first-order valence-corrected chi connectivity index (χ1v) is 6.57. The van der Waals surface area contributed by atoms with Crippen LogP contribution in [0.1, 0.15) is 24.9 Å². The molecule has 0 aliphatic carbocycles. The second kappa shape index (κ2) is 5.67. The van der Waals surface area contributed by atoms with Gasteiger partial charge in [0.2, 0.25) is 0 Å². The lowest BCUT2D eigenvalue weighted by Gasteiger charge is -2.27. The summed E-state index contributed by atoms with van der Waals surface area (Å²) in [6.07, 6.45) is 1.06. The van der Waals surface area contributed by atoms with Crippen LogP contribution in [0.5, 0.6) is 0 Å². The van der Waals surface area contributed by atoms with E-state index < -0.39 is 0 Å². The third-order valence-corrected chi connectivity index (χ3v) is 3.54. The SMILES string of the molecule is CC(N)c1cccc(F)c1N1CCCN(C)CC1. The minimum atomic E-state index is -0.158. The minimum absolute atomic E-state index is 0.142. The molecule has 1 atom stereocenters. The molecule has 0 spiro atoms. The van der Waals surface area contributed by atoms with Gasteiger partial charge in [0.15, 0.2) is 0 Å². The van der Waals surface area contributed by atoms with E-state index in [0.717, 1.165) is 38.2 Å². The number of nitrogens with two attached hydrogens (primary N) is 1. The van der Waals surface area contributed by atoms with Crippen LogP contribution in [0, 0.1) is 5.82 Å². The second-order valence-corrected chi connectivity index (χ2v) is 5.11. The van der Waals surface area contributed by atoms with Crippen LogP contribution in [0.3, 0.4) is 0 Å². The summed E-state index contributed by atoms with van der Waals surface area (Å²) in [5, 5.41) is 0. The Kier molecular flexibility index (Phi) is 4.19. The number of hydrogen-bond donors (Lipinski definition) is 1.